The second kappa shape index (κ2) is 12.0. The molecule has 37 heavy (non-hydrogen) atoms. The number of nitrogens with zero attached hydrogens (tertiary/aromatic N) is 1. The summed E-state index contributed by atoms with van der Waals surface area (Å²) < 4.78 is 58.1. The normalized spacial score (nSPS) is 17.5. The third kappa shape index (κ3) is 8.12. The standard InChI is InChI=1S/C24H25F2N3O.C2HF3O2/c1-15-12-23(29-22-5-3-2-4-19(15)22)27-17-7-9-18(10-8-17)28-24(30)14-16-6-11-20(25)21(26)13-16;3-2(4,5)1(6)7/h2-6,11-13,17-18H,7-10,14H2,1H3,(H,27,29)(H,28,30);(H,6,7). The Morgan fingerprint density at radius 3 is 2.22 bits per heavy atom. The van der Waals surface area contributed by atoms with Crippen LogP contribution in [0.1, 0.15) is 36.8 Å². The molecule has 0 unspecified atom stereocenters. The van der Waals surface area contributed by atoms with Gasteiger partial charge in [0, 0.05) is 17.5 Å². The number of aryl methyl sites for hydroxylation is 1. The SMILES string of the molecule is Cc1cc(NC2CCC(NC(=O)Cc3ccc(F)c(F)c3)CC2)nc2ccccc12.O=C(O)C(F)(F)F. The first-order valence-corrected chi connectivity index (χ1v) is 11.6. The van der Waals surface area contributed by atoms with Gasteiger partial charge in [0.05, 0.1) is 11.9 Å². The van der Waals surface area contributed by atoms with Crippen LogP contribution in [0, 0.1) is 18.6 Å². The number of hydrogen-bond acceptors (Lipinski definition) is 4. The van der Waals surface area contributed by atoms with E-state index < -0.39 is 23.8 Å². The number of anilines is 1. The zero-order valence-electron chi connectivity index (χ0n) is 19.9. The van der Waals surface area contributed by atoms with Crippen LogP contribution in [-0.2, 0) is 16.0 Å². The van der Waals surface area contributed by atoms with Gasteiger partial charge in [-0.25, -0.2) is 18.6 Å². The minimum atomic E-state index is -5.08. The van der Waals surface area contributed by atoms with Crippen molar-refractivity contribution in [2.75, 3.05) is 5.32 Å². The van der Waals surface area contributed by atoms with Crippen molar-refractivity contribution < 1.29 is 36.6 Å². The minimum absolute atomic E-state index is 0.0513. The van der Waals surface area contributed by atoms with Crippen molar-refractivity contribution in [1.82, 2.24) is 10.3 Å². The van der Waals surface area contributed by atoms with Crippen molar-refractivity contribution in [3.05, 3.63) is 71.3 Å². The summed E-state index contributed by atoms with van der Waals surface area (Å²) in [6.07, 6.45) is -1.43. The Morgan fingerprint density at radius 2 is 1.59 bits per heavy atom. The van der Waals surface area contributed by atoms with Crippen LogP contribution in [0.15, 0.2) is 48.5 Å². The number of nitrogens with one attached hydrogen (secondary N) is 2. The number of carboxylic acids is 1. The molecule has 1 aliphatic carbocycles. The summed E-state index contributed by atoms with van der Waals surface area (Å²) in [6.45, 7) is 2.09. The maximum atomic E-state index is 13.3. The lowest BCUT2D eigenvalue weighted by molar-refractivity contribution is -0.192. The Morgan fingerprint density at radius 1 is 0.973 bits per heavy atom. The third-order valence-corrected chi connectivity index (χ3v) is 5.96. The Balaban J connectivity index is 0.000000479. The third-order valence-electron chi connectivity index (χ3n) is 5.96. The van der Waals surface area contributed by atoms with E-state index in [-0.39, 0.29) is 18.4 Å². The van der Waals surface area contributed by atoms with E-state index in [1.807, 2.05) is 18.2 Å². The van der Waals surface area contributed by atoms with Gasteiger partial charge in [0.25, 0.3) is 0 Å². The highest BCUT2D eigenvalue weighted by molar-refractivity contribution is 5.83. The maximum absolute atomic E-state index is 13.3. The average molecular weight is 524 g/mol. The van der Waals surface area contributed by atoms with Gasteiger partial charge >= 0.3 is 12.1 Å². The van der Waals surface area contributed by atoms with E-state index in [9.17, 15) is 26.7 Å². The molecular weight excluding hydrogens is 497 g/mol. The molecule has 1 saturated carbocycles. The maximum Gasteiger partial charge on any atom is 0.490 e. The van der Waals surface area contributed by atoms with Gasteiger partial charge < -0.3 is 15.7 Å². The molecule has 1 aliphatic rings. The molecule has 1 amide bonds. The van der Waals surface area contributed by atoms with Crippen molar-refractivity contribution >= 4 is 28.6 Å². The molecule has 3 N–H and O–H groups in total. The zero-order chi connectivity index (χ0) is 27.2. The number of halogens is 5. The van der Waals surface area contributed by atoms with Crippen LogP contribution in [0.25, 0.3) is 10.9 Å². The minimum Gasteiger partial charge on any atom is -0.475 e. The second-order valence-electron chi connectivity index (χ2n) is 8.83. The fourth-order valence-electron chi connectivity index (χ4n) is 4.13. The summed E-state index contributed by atoms with van der Waals surface area (Å²) in [5.41, 5.74) is 2.65. The monoisotopic (exact) mass is 523 g/mol. The summed E-state index contributed by atoms with van der Waals surface area (Å²) >= 11 is 0. The molecule has 3 aromatic rings. The number of fused-ring (bicyclic) bond motifs is 1. The molecular formula is C26H26F5N3O3. The molecule has 0 bridgehead atoms. The lowest BCUT2D eigenvalue weighted by Crippen LogP contribution is -2.40. The number of amides is 1. The molecule has 1 heterocycles. The molecule has 0 atom stereocenters. The smallest absolute Gasteiger partial charge is 0.475 e. The van der Waals surface area contributed by atoms with Crippen molar-refractivity contribution in [3.63, 3.8) is 0 Å². The number of alkyl halides is 3. The molecule has 11 heteroatoms. The number of carbonyl (C=O) groups excluding carboxylic acids is 1. The first-order valence-electron chi connectivity index (χ1n) is 11.6. The van der Waals surface area contributed by atoms with Crippen molar-refractivity contribution in [2.24, 2.45) is 0 Å². The van der Waals surface area contributed by atoms with E-state index in [4.69, 9.17) is 14.9 Å². The molecule has 4 rings (SSSR count). The zero-order valence-corrected chi connectivity index (χ0v) is 19.9. The highest BCUT2D eigenvalue weighted by Crippen LogP contribution is 2.25. The van der Waals surface area contributed by atoms with Gasteiger partial charge in [-0.1, -0.05) is 24.3 Å². The van der Waals surface area contributed by atoms with Crippen molar-refractivity contribution in [2.45, 2.75) is 57.3 Å². The lowest BCUT2D eigenvalue weighted by atomic mass is 9.91. The summed E-state index contributed by atoms with van der Waals surface area (Å²) in [5.74, 6) is -3.86. The topological polar surface area (TPSA) is 91.3 Å². The first kappa shape index (κ1) is 27.8. The Labute approximate surface area is 209 Å². The van der Waals surface area contributed by atoms with Gasteiger partial charge in [0.1, 0.15) is 5.82 Å². The molecule has 1 fully saturated rings. The number of rotatable bonds is 5. The van der Waals surface area contributed by atoms with Crippen molar-refractivity contribution in [3.8, 4) is 0 Å². The Hall–Kier alpha value is -3.76. The van der Waals surface area contributed by atoms with E-state index >= 15 is 0 Å². The second-order valence-corrected chi connectivity index (χ2v) is 8.83. The predicted octanol–water partition coefficient (Wildman–Crippen LogP) is 5.54. The van der Waals surface area contributed by atoms with Crippen LogP contribution in [0.4, 0.5) is 27.8 Å². The van der Waals surface area contributed by atoms with Gasteiger partial charge in [-0.2, -0.15) is 13.2 Å². The average Bonchev–Trinajstić information content (AvgIpc) is 2.82. The predicted molar refractivity (Wildman–Crippen MR) is 128 cm³/mol. The van der Waals surface area contributed by atoms with Gasteiger partial charge in [0.15, 0.2) is 11.6 Å². The molecule has 0 spiro atoms. The van der Waals surface area contributed by atoms with E-state index in [1.54, 1.807) is 0 Å². The Kier molecular flexibility index (Phi) is 9.01. The van der Waals surface area contributed by atoms with Gasteiger partial charge in [-0.15, -0.1) is 0 Å². The highest BCUT2D eigenvalue weighted by atomic mass is 19.4. The van der Waals surface area contributed by atoms with Gasteiger partial charge in [-0.3, -0.25) is 4.79 Å². The van der Waals surface area contributed by atoms with Crippen LogP contribution in [0.5, 0.6) is 0 Å². The first-order chi connectivity index (χ1) is 17.4. The van der Waals surface area contributed by atoms with Crippen LogP contribution in [-0.4, -0.2) is 40.2 Å². The highest BCUT2D eigenvalue weighted by Gasteiger charge is 2.38. The number of para-hydroxylation sites is 1. The summed E-state index contributed by atoms with van der Waals surface area (Å²) in [7, 11) is 0. The molecule has 6 nitrogen and oxygen atoms in total. The number of benzene rings is 2. The van der Waals surface area contributed by atoms with Crippen LogP contribution >= 0.6 is 0 Å². The van der Waals surface area contributed by atoms with Crippen molar-refractivity contribution in [1.29, 1.82) is 0 Å². The number of aliphatic carboxylic acids is 1. The molecule has 0 saturated heterocycles. The fraction of sp³-hybridized carbons (Fsp3) is 0.346. The molecule has 0 aliphatic heterocycles. The lowest BCUT2D eigenvalue weighted by Gasteiger charge is -2.30. The molecule has 0 radical (unpaired) electrons. The Bertz CT molecular complexity index is 1260. The number of carbonyl (C=O) groups is 2. The van der Waals surface area contributed by atoms with Crippen LogP contribution in [0.3, 0.4) is 0 Å². The molecule has 2 aromatic carbocycles. The van der Waals surface area contributed by atoms with E-state index in [2.05, 4.69) is 29.7 Å². The molecule has 198 valence electrons. The van der Waals surface area contributed by atoms with Gasteiger partial charge in [0.2, 0.25) is 5.91 Å². The fourth-order valence-corrected chi connectivity index (χ4v) is 4.13. The van der Waals surface area contributed by atoms with Crippen LogP contribution in [0.2, 0.25) is 0 Å². The summed E-state index contributed by atoms with van der Waals surface area (Å²) in [6, 6.07) is 14.2. The van der Waals surface area contributed by atoms with E-state index in [1.165, 1.54) is 11.6 Å². The number of hydrogen-bond donors (Lipinski definition) is 3. The number of carboxylic acid groups (broad SMARTS) is 1. The number of pyridine rings is 1. The number of aromatic nitrogens is 1. The molecule has 1 aromatic heterocycles. The van der Waals surface area contributed by atoms with Crippen LogP contribution < -0.4 is 10.6 Å². The van der Waals surface area contributed by atoms with E-state index in [0.717, 1.165) is 54.5 Å². The van der Waals surface area contributed by atoms with E-state index in [0.29, 0.717) is 11.6 Å². The summed E-state index contributed by atoms with van der Waals surface area (Å²) in [5, 5.41) is 14.8. The quantitative estimate of drug-likeness (QED) is 0.382. The largest absolute Gasteiger partial charge is 0.490 e. The van der Waals surface area contributed by atoms with Gasteiger partial charge in [-0.05, 0) is 68.0 Å². The summed E-state index contributed by atoms with van der Waals surface area (Å²) in [4.78, 5) is 25.9.